The van der Waals surface area contributed by atoms with Gasteiger partial charge in [-0.05, 0) is 62.7 Å². The average molecular weight is 354 g/mol. The van der Waals surface area contributed by atoms with Gasteiger partial charge in [-0.3, -0.25) is 9.79 Å². The van der Waals surface area contributed by atoms with Crippen LogP contribution in [0.1, 0.15) is 35.3 Å². The molecule has 4 aromatic rings. The molecule has 0 aliphatic rings. The molecule has 0 spiro atoms. The number of rotatable bonds is 4. The van der Waals surface area contributed by atoms with E-state index in [1.54, 1.807) is 6.21 Å². The van der Waals surface area contributed by atoms with Gasteiger partial charge in [-0.2, -0.15) is 0 Å². The first-order valence-corrected chi connectivity index (χ1v) is 9.29. The number of aryl methyl sites for hydroxylation is 2. The predicted octanol–water partition coefficient (Wildman–Crippen LogP) is 6.08. The molecule has 0 saturated heterocycles. The van der Waals surface area contributed by atoms with Crippen molar-refractivity contribution in [2.45, 2.75) is 27.3 Å². The summed E-state index contributed by atoms with van der Waals surface area (Å²) < 4.78 is 2.28. The Hall–Kier alpha value is -3.20. The number of benzene rings is 3. The fourth-order valence-electron chi connectivity index (χ4n) is 3.79. The second kappa shape index (κ2) is 6.84. The van der Waals surface area contributed by atoms with Gasteiger partial charge in [-0.15, -0.1) is 0 Å². The van der Waals surface area contributed by atoms with Gasteiger partial charge in [0.05, 0.1) is 5.69 Å². The van der Waals surface area contributed by atoms with E-state index in [1.807, 2.05) is 56.3 Å². The second-order valence-electron chi connectivity index (χ2n) is 6.71. The molecule has 0 N–H and O–H groups in total. The van der Waals surface area contributed by atoms with Gasteiger partial charge in [0, 0.05) is 45.7 Å². The first kappa shape index (κ1) is 17.2. The van der Waals surface area contributed by atoms with Crippen LogP contribution in [-0.4, -0.2) is 16.6 Å². The molecular weight excluding hydrogens is 332 g/mol. The number of fused-ring (bicyclic) bond motifs is 3. The van der Waals surface area contributed by atoms with Gasteiger partial charge in [-0.25, -0.2) is 0 Å². The maximum absolute atomic E-state index is 13.1. The topological polar surface area (TPSA) is 34.4 Å². The van der Waals surface area contributed by atoms with Crippen LogP contribution >= 0.6 is 0 Å². The fourth-order valence-corrected chi connectivity index (χ4v) is 3.79. The Kier molecular flexibility index (Phi) is 4.36. The number of hydrogen-bond acceptors (Lipinski definition) is 2. The summed E-state index contributed by atoms with van der Waals surface area (Å²) in [5, 5.41) is 2.23. The molecule has 3 nitrogen and oxygen atoms in total. The third kappa shape index (κ3) is 2.85. The molecule has 0 bridgehead atoms. The van der Waals surface area contributed by atoms with Gasteiger partial charge in [-0.1, -0.05) is 24.3 Å². The highest BCUT2D eigenvalue weighted by atomic mass is 16.1. The van der Waals surface area contributed by atoms with Crippen LogP contribution in [0.3, 0.4) is 0 Å². The number of nitrogens with zero attached hydrogens (tertiary/aromatic N) is 2. The Morgan fingerprint density at radius 3 is 2.41 bits per heavy atom. The summed E-state index contributed by atoms with van der Waals surface area (Å²) >= 11 is 0. The summed E-state index contributed by atoms with van der Waals surface area (Å²) in [6.45, 7) is 6.91. The van der Waals surface area contributed by atoms with Crippen molar-refractivity contribution in [3.05, 3.63) is 77.4 Å². The van der Waals surface area contributed by atoms with Crippen molar-refractivity contribution in [3.8, 4) is 0 Å². The molecule has 4 rings (SSSR count). The van der Waals surface area contributed by atoms with Gasteiger partial charge in [0.25, 0.3) is 0 Å². The molecule has 3 aromatic carbocycles. The van der Waals surface area contributed by atoms with Crippen LogP contribution in [-0.2, 0) is 6.54 Å². The first-order chi connectivity index (χ1) is 13.1. The Morgan fingerprint density at radius 2 is 1.70 bits per heavy atom. The van der Waals surface area contributed by atoms with Crippen molar-refractivity contribution >= 4 is 39.5 Å². The quantitative estimate of drug-likeness (QED) is 0.323. The lowest BCUT2D eigenvalue weighted by Gasteiger charge is -2.06. The largest absolute Gasteiger partial charge is 0.341 e. The summed E-state index contributed by atoms with van der Waals surface area (Å²) in [7, 11) is 0. The molecule has 0 atom stereocenters. The van der Waals surface area contributed by atoms with Gasteiger partial charge >= 0.3 is 0 Å². The minimum atomic E-state index is 0.0649. The van der Waals surface area contributed by atoms with Crippen LogP contribution in [0.5, 0.6) is 0 Å². The van der Waals surface area contributed by atoms with Crippen LogP contribution in [0.2, 0.25) is 0 Å². The van der Waals surface area contributed by atoms with E-state index in [4.69, 9.17) is 0 Å². The third-order valence-corrected chi connectivity index (χ3v) is 5.09. The van der Waals surface area contributed by atoms with Crippen LogP contribution < -0.4 is 0 Å². The Labute approximate surface area is 159 Å². The number of carbonyl (C=O) groups is 1. The van der Waals surface area contributed by atoms with Crippen LogP contribution in [0.15, 0.2) is 65.7 Å². The van der Waals surface area contributed by atoms with E-state index >= 15 is 0 Å². The van der Waals surface area contributed by atoms with E-state index < -0.39 is 0 Å². The molecule has 0 unspecified atom stereocenters. The number of aromatic nitrogens is 1. The second-order valence-corrected chi connectivity index (χ2v) is 6.71. The minimum absolute atomic E-state index is 0.0649. The molecule has 3 heteroatoms. The van der Waals surface area contributed by atoms with Gasteiger partial charge in [0.15, 0.2) is 5.78 Å². The molecule has 27 heavy (non-hydrogen) atoms. The van der Waals surface area contributed by atoms with E-state index in [-0.39, 0.29) is 5.78 Å². The van der Waals surface area contributed by atoms with Crippen molar-refractivity contribution < 1.29 is 4.79 Å². The van der Waals surface area contributed by atoms with Gasteiger partial charge in [0.1, 0.15) is 0 Å². The van der Waals surface area contributed by atoms with Crippen molar-refractivity contribution in [2.75, 3.05) is 0 Å². The van der Waals surface area contributed by atoms with E-state index in [0.717, 1.165) is 45.2 Å². The summed E-state index contributed by atoms with van der Waals surface area (Å²) in [6, 6.07) is 20.0. The van der Waals surface area contributed by atoms with E-state index in [2.05, 4.69) is 34.7 Å². The summed E-state index contributed by atoms with van der Waals surface area (Å²) in [5.41, 5.74) is 5.71. The molecule has 0 amide bonds. The fraction of sp³-hybridized carbons (Fsp3) is 0.167. The van der Waals surface area contributed by atoms with Gasteiger partial charge in [0.2, 0.25) is 0 Å². The van der Waals surface area contributed by atoms with Gasteiger partial charge < -0.3 is 4.57 Å². The average Bonchev–Trinajstić information content (AvgIpc) is 3.00. The van der Waals surface area contributed by atoms with E-state index in [1.165, 1.54) is 5.52 Å². The van der Waals surface area contributed by atoms with Crippen LogP contribution in [0, 0.1) is 6.92 Å². The van der Waals surface area contributed by atoms with Crippen molar-refractivity contribution in [2.24, 2.45) is 4.99 Å². The normalized spacial score (nSPS) is 11.7. The first-order valence-electron chi connectivity index (χ1n) is 9.29. The zero-order chi connectivity index (χ0) is 19.0. The highest BCUT2D eigenvalue weighted by Crippen LogP contribution is 2.33. The molecule has 0 saturated carbocycles. The summed E-state index contributed by atoms with van der Waals surface area (Å²) in [6.07, 6.45) is 1.80. The smallest absolute Gasteiger partial charge is 0.193 e. The third-order valence-electron chi connectivity index (χ3n) is 5.09. The van der Waals surface area contributed by atoms with Crippen LogP contribution in [0.25, 0.3) is 21.8 Å². The van der Waals surface area contributed by atoms with Crippen molar-refractivity contribution in [3.63, 3.8) is 0 Å². The Bertz CT molecular complexity index is 1200. The van der Waals surface area contributed by atoms with E-state index in [9.17, 15) is 4.79 Å². The lowest BCUT2D eigenvalue weighted by atomic mass is 9.98. The molecule has 0 fully saturated rings. The molecular formula is C24H22N2O. The van der Waals surface area contributed by atoms with E-state index in [0.29, 0.717) is 0 Å². The molecule has 0 aliphatic heterocycles. The number of carbonyl (C=O) groups excluding carboxylic acids is 1. The zero-order valence-corrected chi connectivity index (χ0v) is 15.9. The zero-order valence-electron chi connectivity index (χ0n) is 15.9. The highest BCUT2D eigenvalue weighted by Gasteiger charge is 2.15. The molecule has 1 heterocycles. The summed E-state index contributed by atoms with van der Waals surface area (Å²) in [4.78, 5) is 17.5. The minimum Gasteiger partial charge on any atom is -0.341 e. The molecule has 134 valence electrons. The monoisotopic (exact) mass is 354 g/mol. The number of ketones is 1. The number of hydrogen-bond donors (Lipinski definition) is 0. The summed E-state index contributed by atoms with van der Waals surface area (Å²) in [5.74, 6) is 0.0649. The maximum atomic E-state index is 13.1. The number of aliphatic imine (C=N–C) groups is 1. The lowest BCUT2D eigenvalue weighted by Crippen LogP contribution is -2.03. The molecule has 0 radical (unpaired) electrons. The SMILES string of the molecule is CC=Nc1ccc2c(c1)c1cc(C(=O)c3ccccc3C)ccc1n2CC. The molecule has 0 aliphatic carbocycles. The van der Waals surface area contributed by atoms with Crippen molar-refractivity contribution in [1.29, 1.82) is 0 Å². The van der Waals surface area contributed by atoms with Crippen LogP contribution in [0.4, 0.5) is 5.69 Å². The molecule has 1 aromatic heterocycles. The highest BCUT2D eigenvalue weighted by molar-refractivity contribution is 6.15. The Morgan fingerprint density at radius 1 is 1.00 bits per heavy atom. The van der Waals surface area contributed by atoms with Crippen molar-refractivity contribution in [1.82, 2.24) is 4.57 Å². The standard InChI is InChI=1S/C24H22N2O/c1-4-25-18-11-13-23-21(15-18)20-14-17(10-12-22(20)26(23)5-2)24(27)19-9-7-6-8-16(19)3/h4,6-15H,5H2,1-3H3. The Balaban J connectivity index is 1.95. The predicted molar refractivity (Wildman–Crippen MR) is 114 cm³/mol. The maximum Gasteiger partial charge on any atom is 0.193 e. The lowest BCUT2D eigenvalue weighted by molar-refractivity contribution is 0.103.